The monoisotopic (exact) mass is 439 g/mol. The quantitative estimate of drug-likeness (QED) is 0.698. The minimum Gasteiger partial charge on any atom is -0.461 e. The van der Waals surface area contributed by atoms with Crippen LogP contribution >= 0.6 is 11.6 Å². The normalized spacial score (nSPS) is 17.3. The number of hydrogen-bond donors (Lipinski definition) is 1. The Bertz CT molecular complexity index is 1030. The van der Waals surface area contributed by atoms with Crippen molar-refractivity contribution in [1.82, 2.24) is 8.87 Å². The number of sulfonamides is 1. The van der Waals surface area contributed by atoms with Crippen LogP contribution in [-0.4, -0.2) is 48.4 Å². The lowest BCUT2D eigenvalue weighted by atomic mass is 10.2. The van der Waals surface area contributed by atoms with Crippen molar-refractivity contribution in [2.24, 2.45) is 7.05 Å². The van der Waals surface area contributed by atoms with Gasteiger partial charge in [-0.2, -0.15) is 4.31 Å². The summed E-state index contributed by atoms with van der Waals surface area (Å²) in [6.07, 6.45) is 2.32. The zero-order valence-electron chi connectivity index (χ0n) is 16.1. The van der Waals surface area contributed by atoms with Gasteiger partial charge in [-0.3, -0.25) is 4.79 Å². The van der Waals surface area contributed by atoms with Crippen LogP contribution in [-0.2, 0) is 26.6 Å². The summed E-state index contributed by atoms with van der Waals surface area (Å²) >= 11 is 5.94. The first-order valence-corrected chi connectivity index (χ1v) is 11.0. The van der Waals surface area contributed by atoms with Crippen LogP contribution in [0.15, 0.2) is 41.4 Å². The maximum Gasteiger partial charge on any atom is 0.354 e. The van der Waals surface area contributed by atoms with Gasteiger partial charge in [-0.1, -0.05) is 17.7 Å². The third kappa shape index (κ3) is 4.47. The van der Waals surface area contributed by atoms with Gasteiger partial charge in [-0.25, -0.2) is 13.2 Å². The molecule has 0 spiro atoms. The maximum absolute atomic E-state index is 13.2. The van der Waals surface area contributed by atoms with E-state index in [9.17, 15) is 18.0 Å². The van der Waals surface area contributed by atoms with E-state index in [2.05, 4.69) is 5.32 Å². The van der Waals surface area contributed by atoms with E-state index in [0.717, 1.165) is 0 Å². The first-order valence-electron chi connectivity index (χ1n) is 9.15. The first kappa shape index (κ1) is 21.4. The van der Waals surface area contributed by atoms with Crippen LogP contribution in [0.2, 0.25) is 5.02 Å². The molecule has 0 aliphatic carbocycles. The van der Waals surface area contributed by atoms with Crippen molar-refractivity contribution in [2.75, 3.05) is 18.5 Å². The fourth-order valence-corrected chi connectivity index (χ4v) is 5.22. The van der Waals surface area contributed by atoms with Crippen LogP contribution in [0.3, 0.4) is 0 Å². The van der Waals surface area contributed by atoms with Gasteiger partial charge in [0.05, 0.1) is 6.61 Å². The molecule has 3 rings (SSSR count). The molecule has 2 heterocycles. The van der Waals surface area contributed by atoms with E-state index in [1.54, 1.807) is 38.2 Å². The van der Waals surface area contributed by atoms with Crippen LogP contribution < -0.4 is 5.32 Å². The highest BCUT2D eigenvalue weighted by atomic mass is 35.5. The summed E-state index contributed by atoms with van der Waals surface area (Å²) in [6, 6.07) is 7.08. The molecule has 8 nitrogen and oxygen atoms in total. The summed E-state index contributed by atoms with van der Waals surface area (Å²) in [6.45, 7) is 2.08. The second kappa shape index (κ2) is 8.56. The van der Waals surface area contributed by atoms with Gasteiger partial charge in [-0.15, -0.1) is 0 Å². The van der Waals surface area contributed by atoms with E-state index in [4.69, 9.17) is 16.3 Å². The van der Waals surface area contributed by atoms with Gasteiger partial charge in [0.2, 0.25) is 15.9 Å². The molecule has 0 radical (unpaired) electrons. The number of ether oxygens (including phenoxy) is 1. The van der Waals surface area contributed by atoms with Gasteiger partial charge in [-0.05, 0) is 44.0 Å². The number of nitrogens with one attached hydrogen (secondary N) is 1. The van der Waals surface area contributed by atoms with Crippen molar-refractivity contribution in [3.05, 3.63) is 47.2 Å². The Hall–Kier alpha value is -2.36. The Kier molecular flexibility index (Phi) is 6.30. The Morgan fingerprint density at radius 3 is 2.76 bits per heavy atom. The van der Waals surface area contributed by atoms with Gasteiger partial charge in [0.1, 0.15) is 16.6 Å². The van der Waals surface area contributed by atoms with E-state index in [1.807, 2.05) is 0 Å². The largest absolute Gasteiger partial charge is 0.461 e. The summed E-state index contributed by atoms with van der Waals surface area (Å²) in [4.78, 5) is 24.7. The molecule has 29 heavy (non-hydrogen) atoms. The molecule has 1 saturated heterocycles. The van der Waals surface area contributed by atoms with Crippen molar-refractivity contribution in [3.8, 4) is 0 Å². The number of amides is 1. The molecule has 0 unspecified atom stereocenters. The van der Waals surface area contributed by atoms with Crippen LogP contribution in [0.1, 0.15) is 30.3 Å². The standard InChI is InChI=1S/C19H22ClN3O5S/c1-3-28-19(25)17-11-15(12-22(17)2)29(26,27)23-9-5-8-16(23)18(24)21-14-7-4-6-13(20)10-14/h4,6-7,10-12,16H,3,5,8-9H2,1-2H3,(H,21,24)/t16-/m1/s1. The number of halogens is 1. The number of carbonyl (C=O) groups excluding carboxylic acids is 2. The number of benzene rings is 1. The molecule has 1 atom stereocenters. The van der Waals surface area contributed by atoms with Crippen molar-refractivity contribution in [2.45, 2.75) is 30.7 Å². The number of aryl methyl sites for hydroxylation is 1. The second-order valence-corrected chi connectivity index (χ2v) is 8.99. The molecule has 1 aromatic carbocycles. The molecule has 10 heteroatoms. The van der Waals surface area contributed by atoms with Crippen molar-refractivity contribution >= 4 is 39.2 Å². The molecular weight excluding hydrogens is 418 g/mol. The van der Waals surface area contributed by atoms with Gasteiger partial charge in [0.25, 0.3) is 0 Å². The number of carbonyl (C=O) groups is 2. The summed E-state index contributed by atoms with van der Waals surface area (Å²) in [5.74, 6) is -1.02. The van der Waals surface area contributed by atoms with E-state index in [0.29, 0.717) is 23.6 Å². The zero-order chi connectivity index (χ0) is 21.2. The Labute approximate surface area is 174 Å². The van der Waals surface area contributed by atoms with Gasteiger partial charge < -0.3 is 14.6 Å². The first-order chi connectivity index (χ1) is 13.7. The van der Waals surface area contributed by atoms with Crippen molar-refractivity contribution in [1.29, 1.82) is 0 Å². The lowest BCUT2D eigenvalue weighted by Crippen LogP contribution is -2.43. The Balaban J connectivity index is 1.83. The van der Waals surface area contributed by atoms with E-state index in [-0.39, 0.29) is 23.7 Å². The number of hydrogen-bond acceptors (Lipinski definition) is 5. The predicted molar refractivity (Wildman–Crippen MR) is 108 cm³/mol. The highest BCUT2D eigenvalue weighted by molar-refractivity contribution is 7.89. The zero-order valence-corrected chi connectivity index (χ0v) is 17.7. The fraction of sp³-hybridized carbons (Fsp3) is 0.368. The lowest BCUT2D eigenvalue weighted by molar-refractivity contribution is -0.119. The van der Waals surface area contributed by atoms with Gasteiger partial charge >= 0.3 is 5.97 Å². The van der Waals surface area contributed by atoms with Crippen LogP contribution in [0.4, 0.5) is 5.69 Å². The van der Waals surface area contributed by atoms with Crippen LogP contribution in [0.5, 0.6) is 0 Å². The van der Waals surface area contributed by atoms with Gasteiger partial charge in [0.15, 0.2) is 0 Å². The average molecular weight is 440 g/mol. The van der Waals surface area contributed by atoms with E-state index in [1.165, 1.54) is 21.1 Å². The van der Waals surface area contributed by atoms with Crippen LogP contribution in [0.25, 0.3) is 0 Å². The highest BCUT2D eigenvalue weighted by Crippen LogP contribution is 2.28. The molecular formula is C19H22ClN3O5S. The SMILES string of the molecule is CCOC(=O)c1cc(S(=O)(=O)N2CCC[C@@H]2C(=O)Nc2cccc(Cl)c2)cn1C. The molecule has 1 aliphatic rings. The molecule has 1 aliphatic heterocycles. The topological polar surface area (TPSA) is 97.7 Å². The number of nitrogens with zero attached hydrogens (tertiary/aromatic N) is 2. The molecule has 1 aromatic heterocycles. The molecule has 2 aromatic rings. The van der Waals surface area contributed by atoms with Crippen molar-refractivity contribution < 1.29 is 22.7 Å². The molecule has 1 amide bonds. The minimum atomic E-state index is -3.97. The third-order valence-corrected chi connectivity index (χ3v) is 6.78. The smallest absolute Gasteiger partial charge is 0.354 e. The second-order valence-electron chi connectivity index (χ2n) is 6.67. The van der Waals surface area contributed by atoms with E-state index < -0.39 is 27.9 Å². The number of aromatic nitrogens is 1. The fourth-order valence-electron chi connectivity index (χ4n) is 3.30. The van der Waals surface area contributed by atoms with Gasteiger partial charge in [0, 0.05) is 30.5 Å². The Morgan fingerprint density at radius 1 is 1.31 bits per heavy atom. The number of esters is 1. The lowest BCUT2D eigenvalue weighted by Gasteiger charge is -2.23. The summed E-state index contributed by atoms with van der Waals surface area (Å²) in [5.41, 5.74) is 0.626. The van der Waals surface area contributed by atoms with Crippen molar-refractivity contribution in [3.63, 3.8) is 0 Å². The average Bonchev–Trinajstić information content (AvgIpc) is 3.29. The molecule has 0 bridgehead atoms. The highest BCUT2D eigenvalue weighted by Gasteiger charge is 2.40. The summed E-state index contributed by atoms with van der Waals surface area (Å²) in [7, 11) is -2.40. The molecule has 1 N–H and O–H groups in total. The van der Waals surface area contributed by atoms with E-state index >= 15 is 0 Å². The minimum absolute atomic E-state index is 0.0505. The maximum atomic E-state index is 13.2. The predicted octanol–water partition coefficient (Wildman–Crippen LogP) is 2.65. The molecule has 0 saturated carbocycles. The van der Waals surface area contributed by atoms with Crippen LogP contribution in [0, 0.1) is 0 Å². The number of anilines is 1. The molecule has 156 valence electrons. The molecule has 1 fully saturated rings. The Morgan fingerprint density at radius 2 is 2.07 bits per heavy atom. The summed E-state index contributed by atoms with van der Waals surface area (Å²) in [5, 5.41) is 3.19. The summed E-state index contributed by atoms with van der Waals surface area (Å²) < 4.78 is 33.9. The third-order valence-electron chi connectivity index (χ3n) is 4.67. The number of rotatable bonds is 6.